The molecule has 2 heterocycles. The van der Waals surface area contributed by atoms with Crippen molar-refractivity contribution in [1.29, 1.82) is 0 Å². The van der Waals surface area contributed by atoms with E-state index in [1.54, 1.807) is 24.3 Å². The molecule has 1 aromatic carbocycles. The number of amides is 2. The Kier molecular flexibility index (Phi) is 7.52. The molecular formula is C20H25N5O5. The third kappa shape index (κ3) is 6.39. The van der Waals surface area contributed by atoms with Crippen molar-refractivity contribution in [3.63, 3.8) is 0 Å². The lowest BCUT2D eigenvalue weighted by atomic mass is 10.2. The minimum absolute atomic E-state index is 0.0975. The zero-order chi connectivity index (χ0) is 21.3. The first-order chi connectivity index (χ1) is 14.5. The van der Waals surface area contributed by atoms with Gasteiger partial charge in [-0.05, 0) is 17.7 Å². The highest BCUT2D eigenvalue weighted by atomic mass is 16.6. The first-order valence-electron chi connectivity index (χ1n) is 9.78. The second kappa shape index (κ2) is 10.5. The third-order valence-corrected chi connectivity index (χ3v) is 4.94. The lowest BCUT2D eigenvalue weighted by Crippen LogP contribution is -2.49. The summed E-state index contributed by atoms with van der Waals surface area (Å²) in [5.74, 6) is -0.750. The van der Waals surface area contributed by atoms with E-state index in [0.29, 0.717) is 18.8 Å². The van der Waals surface area contributed by atoms with Crippen LogP contribution in [0.25, 0.3) is 0 Å². The molecule has 30 heavy (non-hydrogen) atoms. The largest absolute Gasteiger partial charge is 0.467 e. The molecule has 1 fully saturated rings. The van der Waals surface area contributed by atoms with Crippen molar-refractivity contribution in [1.82, 2.24) is 20.4 Å². The highest BCUT2D eigenvalue weighted by Crippen LogP contribution is 2.14. The van der Waals surface area contributed by atoms with Crippen molar-refractivity contribution in [3.05, 3.63) is 64.1 Å². The molecule has 0 saturated carbocycles. The smallest absolute Gasteiger partial charge is 0.309 e. The molecule has 10 nitrogen and oxygen atoms in total. The van der Waals surface area contributed by atoms with Gasteiger partial charge in [0, 0.05) is 57.9 Å². The van der Waals surface area contributed by atoms with Crippen molar-refractivity contribution in [2.45, 2.75) is 13.1 Å². The number of nitrogens with zero attached hydrogens (tertiary/aromatic N) is 3. The molecule has 2 N–H and O–H groups in total. The van der Waals surface area contributed by atoms with Gasteiger partial charge in [-0.25, -0.2) is 0 Å². The quantitative estimate of drug-likeness (QED) is 0.370. The topological polar surface area (TPSA) is 121 Å². The third-order valence-electron chi connectivity index (χ3n) is 4.94. The van der Waals surface area contributed by atoms with Crippen LogP contribution < -0.4 is 10.6 Å². The average Bonchev–Trinajstić information content (AvgIpc) is 3.27. The van der Waals surface area contributed by atoms with Crippen molar-refractivity contribution in [3.8, 4) is 0 Å². The Morgan fingerprint density at radius 3 is 2.30 bits per heavy atom. The molecule has 1 aliphatic heterocycles. The molecule has 2 amide bonds. The number of carbonyl (C=O) groups is 2. The SMILES string of the molecule is O=C(NCCN1CCN(Cc2ccc([N+](=O)[O-])cc2)CC1)C(=O)NCc1ccco1. The molecule has 1 aliphatic rings. The highest BCUT2D eigenvalue weighted by Gasteiger charge is 2.18. The summed E-state index contributed by atoms with van der Waals surface area (Å²) in [7, 11) is 0. The van der Waals surface area contributed by atoms with Crippen molar-refractivity contribution >= 4 is 17.5 Å². The summed E-state index contributed by atoms with van der Waals surface area (Å²) in [4.78, 5) is 38.5. The molecule has 0 spiro atoms. The minimum atomic E-state index is -0.681. The maximum absolute atomic E-state index is 11.8. The number of nitrogens with one attached hydrogen (secondary N) is 2. The van der Waals surface area contributed by atoms with Gasteiger partial charge in [-0.1, -0.05) is 12.1 Å². The lowest BCUT2D eigenvalue weighted by molar-refractivity contribution is -0.384. The van der Waals surface area contributed by atoms with Gasteiger partial charge in [0.15, 0.2) is 0 Å². The van der Waals surface area contributed by atoms with Gasteiger partial charge < -0.3 is 15.1 Å². The number of hydrogen-bond donors (Lipinski definition) is 2. The predicted octanol–water partition coefficient (Wildman–Crippen LogP) is 0.738. The molecule has 160 valence electrons. The summed E-state index contributed by atoms with van der Waals surface area (Å²) < 4.78 is 5.10. The first kappa shape index (κ1) is 21.5. The van der Waals surface area contributed by atoms with Gasteiger partial charge in [-0.3, -0.25) is 29.5 Å². The number of nitro groups is 1. The Morgan fingerprint density at radius 1 is 1.00 bits per heavy atom. The lowest BCUT2D eigenvalue weighted by Gasteiger charge is -2.34. The monoisotopic (exact) mass is 415 g/mol. The number of nitro benzene ring substituents is 1. The van der Waals surface area contributed by atoms with Crippen molar-refractivity contribution in [2.24, 2.45) is 0 Å². The van der Waals surface area contributed by atoms with E-state index >= 15 is 0 Å². The fourth-order valence-corrected chi connectivity index (χ4v) is 3.22. The first-order valence-corrected chi connectivity index (χ1v) is 9.78. The highest BCUT2D eigenvalue weighted by molar-refractivity contribution is 6.35. The van der Waals surface area contributed by atoms with Gasteiger partial charge in [-0.15, -0.1) is 0 Å². The number of piperazine rings is 1. The predicted molar refractivity (Wildman–Crippen MR) is 108 cm³/mol. The van der Waals surface area contributed by atoms with Crippen molar-refractivity contribution in [2.75, 3.05) is 39.3 Å². The van der Waals surface area contributed by atoms with E-state index in [9.17, 15) is 19.7 Å². The molecule has 3 rings (SSSR count). The molecule has 0 unspecified atom stereocenters. The summed E-state index contributed by atoms with van der Waals surface area (Å²) in [5, 5.41) is 15.9. The molecule has 1 aromatic heterocycles. The Balaban J connectivity index is 1.30. The zero-order valence-electron chi connectivity index (χ0n) is 16.6. The van der Waals surface area contributed by atoms with Crippen LogP contribution >= 0.6 is 0 Å². The second-order valence-corrected chi connectivity index (χ2v) is 7.06. The van der Waals surface area contributed by atoms with E-state index in [1.807, 2.05) is 0 Å². The summed E-state index contributed by atoms with van der Waals surface area (Å²) in [5.41, 5.74) is 1.14. The van der Waals surface area contributed by atoms with Crippen LogP contribution in [0, 0.1) is 10.1 Å². The molecule has 0 bridgehead atoms. The Hall–Kier alpha value is -3.24. The van der Waals surface area contributed by atoms with Gasteiger partial charge in [0.1, 0.15) is 5.76 Å². The number of non-ortho nitro benzene ring substituents is 1. The van der Waals surface area contributed by atoms with E-state index in [0.717, 1.165) is 38.3 Å². The minimum Gasteiger partial charge on any atom is -0.467 e. The molecule has 0 aliphatic carbocycles. The standard InChI is InChI=1S/C20H25N5O5/c26-19(20(27)22-14-18-2-1-13-30-18)21-7-8-23-9-11-24(12-10-23)15-16-3-5-17(6-4-16)25(28)29/h1-6,13H,7-12,14-15H2,(H,21,26)(H,22,27). The molecule has 10 heteroatoms. The van der Waals surface area contributed by atoms with Crippen LogP contribution in [0.2, 0.25) is 0 Å². The fraction of sp³-hybridized carbons (Fsp3) is 0.400. The Labute approximate surface area is 174 Å². The van der Waals surface area contributed by atoms with E-state index in [4.69, 9.17) is 4.42 Å². The summed E-state index contributed by atoms with van der Waals surface area (Å²) >= 11 is 0. The maximum atomic E-state index is 11.8. The van der Waals surface area contributed by atoms with Gasteiger partial charge >= 0.3 is 11.8 Å². The van der Waals surface area contributed by atoms with Crippen LogP contribution in [-0.4, -0.2) is 65.8 Å². The zero-order valence-corrected chi connectivity index (χ0v) is 16.6. The Morgan fingerprint density at radius 2 is 1.67 bits per heavy atom. The molecule has 0 radical (unpaired) electrons. The molecule has 2 aromatic rings. The summed E-state index contributed by atoms with van der Waals surface area (Å²) in [6.07, 6.45) is 1.51. The van der Waals surface area contributed by atoms with E-state index in [1.165, 1.54) is 18.4 Å². The number of rotatable bonds is 8. The van der Waals surface area contributed by atoms with Crippen LogP contribution in [0.3, 0.4) is 0 Å². The van der Waals surface area contributed by atoms with Crippen LogP contribution in [0.5, 0.6) is 0 Å². The average molecular weight is 415 g/mol. The summed E-state index contributed by atoms with van der Waals surface area (Å²) in [6.45, 7) is 5.44. The van der Waals surface area contributed by atoms with Crippen molar-refractivity contribution < 1.29 is 18.9 Å². The number of furan rings is 1. The summed E-state index contributed by atoms with van der Waals surface area (Å²) in [6, 6.07) is 10.1. The van der Waals surface area contributed by atoms with Gasteiger partial charge in [-0.2, -0.15) is 0 Å². The van der Waals surface area contributed by atoms with Crippen LogP contribution in [-0.2, 0) is 22.7 Å². The molecular weight excluding hydrogens is 390 g/mol. The van der Waals surface area contributed by atoms with Gasteiger partial charge in [0.05, 0.1) is 17.7 Å². The van der Waals surface area contributed by atoms with Crippen LogP contribution in [0.4, 0.5) is 5.69 Å². The Bertz CT molecular complexity index is 845. The second-order valence-electron chi connectivity index (χ2n) is 7.06. The van der Waals surface area contributed by atoms with Gasteiger partial charge in [0.2, 0.25) is 0 Å². The molecule has 1 saturated heterocycles. The normalized spacial score (nSPS) is 14.9. The van der Waals surface area contributed by atoms with E-state index in [-0.39, 0.29) is 12.2 Å². The van der Waals surface area contributed by atoms with Gasteiger partial charge in [0.25, 0.3) is 5.69 Å². The maximum Gasteiger partial charge on any atom is 0.309 e. The molecule has 0 atom stereocenters. The van der Waals surface area contributed by atoms with Crippen LogP contribution in [0.15, 0.2) is 47.1 Å². The van der Waals surface area contributed by atoms with E-state index in [2.05, 4.69) is 20.4 Å². The van der Waals surface area contributed by atoms with E-state index < -0.39 is 16.7 Å². The number of carbonyl (C=O) groups excluding carboxylic acids is 2. The number of hydrogen-bond acceptors (Lipinski definition) is 7. The fourth-order valence-electron chi connectivity index (χ4n) is 3.22. The van der Waals surface area contributed by atoms with Crippen LogP contribution in [0.1, 0.15) is 11.3 Å². The number of benzene rings is 1.